The van der Waals surface area contributed by atoms with Gasteiger partial charge in [0.25, 0.3) is 0 Å². The van der Waals surface area contributed by atoms with Gasteiger partial charge in [-0.15, -0.1) is 11.6 Å². The number of rotatable bonds is 1. The van der Waals surface area contributed by atoms with Crippen LogP contribution in [0.4, 0.5) is 8.78 Å². The Morgan fingerprint density at radius 2 is 1.80 bits per heavy atom. The van der Waals surface area contributed by atoms with E-state index in [0.29, 0.717) is 5.56 Å². The molecule has 1 aliphatic carbocycles. The number of benzene rings is 1. The summed E-state index contributed by atoms with van der Waals surface area (Å²) in [6.07, 6.45) is 4.63. The van der Waals surface area contributed by atoms with E-state index in [-0.39, 0.29) is 5.38 Å². The largest absolute Gasteiger partial charge is 0.207 e. The van der Waals surface area contributed by atoms with Crippen molar-refractivity contribution in [3.63, 3.8) is 0 Å². The van der Waals surface area contributed by atoms with Gasteiger partial charge in [-0.2, -0.15) is 0 Å². The molecule has 0 fully saturated rings. The summed E-state index contributed by atoms with van der Waals surface area (Å²) in [5, 5.41) is -0.0138. The average molecular weight is 229 g/mol. The highest BCUT2D eigenvalue weighted by Crippen LogP contribution is 2.29. The predicted octanol–water partition coefficient (Wildman–Crippen LogP) is 4.14. The van der Waals surface area contributed by atoms with Crippen molar-refractivity contribution in [3.8, 4) is 0 Å². The van der Waals surface area contributed by atoms with Crippen molar-refractivity contribution in [3.05, 3.63) is 41.5 Å². The van der Waals surface area contributed by atoms with Crippen molar-refractivity contribution < 1.29 is 8.78 Å². The van der Waals surface area contributed by atoms with Gasteiger partial charge in [0, 0.05) is 6.07 Å². The van der Waals surface area contributed by atoms with Gasteiger partial charge in [0.15, 0.2) is 0 Å². The molecule has 3 heteroatoms. The third-order valence-electron chi connectivity index (χ3n) is 2.54. The molecule has 0 heterocycles. The fourth-order valence-electron chi connectivity index (χ4n) is 1.85. The van der Waals surface area contributed by atoms with E-state index in [0.717, 1.165) is 30.9 Å². The first kappa shape index (κ1) is 10.6. The Morgan fingerprint density at radius 1 is 1.13 bits per heavy atom. The van der Waals surface area contributed by atoms with Crippen molar-refractivity contribution in [2.45, 2.75) is 24.6 Å². The van der Waals surface area contributed by atoms with Crippen molar-refractivity contribution >= 4 is 17.2 Å². The Morgan fingerprint density at radius 3 is 2.40 bits per heavy atom. The first-order chi connectivity index (χ1) is 7.15. The van der Waals surface area contributed by atoms with Crippen LogP contribution in [0.2, 0.25) is 0 Å². The van der Waals surface area contributed by atoms with Gasteiger partial charge in [0.1, 0.15) is 11.6 Å². The second kappa shape index (κ2) is 4.31. The molecule has 0 saturated heterocycles. The van der Waals surface area contributed by atoms with Crippen LogP contribution in [0, 0.1) is 11.6 Å². The average Bonchev–Trinajstić information content (AvgIpc) is 2.16. The smallest absolute Gasteiger partial charge is 0.126 e. The highest BCUT2D eigenvalue weighted by molar-refractivity contribution is 6.22. The molecule has 1 atom stereocenters. The zero-order valence-corrected chi connectivity index (χ0v) is 8.90. The van der Waals surface area contributed by atoms with Gasteiger partial charge in [-0.05, 0) is 42.5 Å². The Kier molecular flexibility index (Phi) is 3.06. The van der Waals surface area contributed by atoms with E-state index in [1.54, 1.807) is 0 Å². The predicted molar refractivity (Wildman–Crippen MR) is 57.8 cm³/mol. The summed E-state index contributed by atoms with van der Waals surface area (Å²) in [5.41, 5.74) is 1.55. The third-order valence-corrected chi connectivity index (χ3v) is 2.89. The lowest BCUT2D eigenvalue weighted by Crippen LogP contribution is -2.03. The molecule has 0 nitrogen and oxygen atoms in total. The van der Waals surface area contributed by atoms with Crippen molar-refractivity contribution in [2.75, 3.05) is 0 Å². The van der Waals surface area contributed by atoms with Crippen molar-refractivity contribution in [2.24, 2.45) is 0 Å². The Hall–Kier alpha value is -0.890. The Labute approximate surface area is 92.6 Å². The molecule has 1 aromatic carbocycles. The van der Waals surface area contributed by atoms with Gasteiger partial charge in [0.05, 0.1) is 5.38 Å². The van der Waals surface area contributed by atoms with Crippen molar-refractivity contribution in [1.82, 2.24) is 0 Å². The summed E-state index contributed by atoms with van der Waals surface area (Å²) in [6, 6.07) is 3.58. The van der Waals surface area contributed by atoms with Gasteiger partial charge >= 0.3 is 0 Å². The molecule has 0 N–H and O–H groups in total. The maximum Gasteiger partial charge on any atom is 0.126 e. The summed E-state index contributed by atoms with van der Waals surface area (Å²) < 4.78 is 26.0. The molecule has 15 heavy (non-hydrogen) atoms. The second-order valence-corrected chi connectivity index (χ2v) is 4.32. The van der Waals surface area contributed by atoms with Gasteiger partial charge in [-0.3, -0.25) is 0 Å². The molecule has 0 spiro atoms. The monoisotopic (exact) mass is 228 g/mol. The topological polar surface area (TPSA) is 0 Å². The van der Waals surface area contributed by atoms with E-state index < -0.39 is 11.6 Å². The molecular formula is C12H11ClF2. The molecule has 2 rings (SSSR count). The second-order valence-electron chi connectivity index (χ2n) is 3.76. The molecular weight excluding hydrogens is 218 g/mol. The standard InChI is InChI=1S/C12H11ClF2/c13-10-3-1-2-8(4-10)9-5-11(14)7-12(15)6-9/h4-7,10H,1-3H2. The zero-order valence-electron chi connectivity index (χ0n) is 8.14. The Bertz CT molecular complexity index is 378. The van der Waals surface area contributed by atoms with Crippen LogP contribution in [0.3, 0.4) is 0 Å². The number of hydrogen-bond donors (Lipinski definition) is 0. The molecule has 0 bridgehead atoms. The first-order valence-corrected chi connectivity index (χ1v) is 5.40. The molecule has 1 aliphatic rings. The SMILES string of the molecule is Fc1cc(F)cc(C2=CC(Cl)CCC2)c1. The summed E-state index contributed by atoms with van der Waals surface area (Å²) in [6.45, 7) is 0. The minimum Gasteiger partial charge on any atom is -0.207 e. The summed E-state index contributed by atoms with van der Waals surface area (Å²) in [4.78, 5) is 0. The quantitative estimate of drug-likeness (QED) is 0.634. The lowest BCUT2D eigenvalue weighted by atomic mass is 9.93. The van der Waals surface area contributed by atoms with E-state index in [2.05, 4.69) is 0 Å². The first-order valence-electron chi connectivity index (χ1n) is 4.96. The Balaban J connectivity index is 2.36. The molecule has 1 unspecified atom stereocenters. The maximum absolute atomic E-state index is 13.0. The van der Waals surface area contributed by atoms with Crippen LogP contribution in [-0.4, -0.2) is 5.38 Å². The molecule has 0 amide bonds. The molecule has 1 aromatic rings. The summed E-state index contributed by atoms with van der Waals surface area (Å²) in [7, 11) is 0. The minimum atomic E-state index is -0.539. The van der Waals surface area contributed by atoms with Crippen LogP contribution in [-0.2, 0) is 0 Å². The number of allylic oxidation sites excluding steroid dienone is 2. The van der Waals surface area contributed by atoms with E-state index in [1.807, 2.05) is 6.08 Å². The highest BCUT2D eigenvalue weighted by Gasteiger charge is 2.13. The van der Waals surface area contributed by atoms with E-state index in [4.69, 9.17) is 11.6 Å². The van der Waals surface area contributed by atoms with E-state index in [1.165, 1.54) is 12.1 Å². The third kappa shape index (κ3) is 2.57. The van der Waals surface area contributed by atoms with Crippen LogP contribution in [0.1, 0.15) is 24.8 Å². The van der Waals surface area contributed by atoms with Crippen LogP contribution in [0.15, 0.2) is 24.3 Å². The molecule has 0 radical (unpaired) electrons. The van der Waals surface area contributed by atoms with Gasteiger partial charge in [-0.1, -0.05) is 6.08 Å². The van der Waals surface area contributed by atoms with E-state index in [9.17, 15) is 8.78 Å². The van der Waals surface area contributed by atoms with Crippen LogP contribution < -0.4 is 0 Å². The van der Waals surface area contributed by atoms with Crippen LogP contribution in [0.25, 0.3) is 5.57 Å². The van der Waals surface area contributed by atoms with E-state index >= 15 is 0 Å². The molecule has 0 saturated carbocycles. The fraction of sp³-hybridized carbons (Fsp3) is 0.333. The van der Waals surface area contributed by atoms with Crippen LogP contribution >= 0.6 is 11.6 Å². The van der Waals surface area contributed by atoms with Gasteiger partial charge in [0.2, 0.25) is 0 Å². The molecule has 0 aliphatic heterocycles. The van der Waals surface area contributed by atoms with Crippen molar-refractivity contribution in [1.29, 1.82) is 0 Å². The zero-order chi connectivity index (χ0) is 10.8. The molecule has 80 valence electrons. The molecule has 0 aromatic heterocycles. The normalized spacial score (nSPS) is 21.3. The lowest BCUT2D eigenvalue weighted by Gasteiger charge is -2.16. The fourth-order valence-corrected chi connectivity index (χ4v) is 2.16. The summed E-state index contributed by atoms with van der Waals surface area (Å²) >= 11 is 5.98. The minimum absolute atomic E-state index is 0.0138. The summed E-state index contributed by atoms with van der Waals surface area (Å²) in [5.74, 6) is -1.08. The number of alkyl halides is 1. The van der Waals surface area contributed by atoms with Gasteiger partial charge < -0.3 is 0 Å². The van der Waals surface area contributed by atoms with Gasteiger partial charge in [-0.25, -0.2) is 8.78 Å². The van der Waals surface area contributed by atoms with Crippen LogP contribution in [0.5, 0.6) is 0 Å². The number of halogens is 3. The highest BCUT2D eigenvalue weighted by atomic mass is 35.5. The lowest BCUT2D eigenvalue weighted by molar-refractivity contribution is 0.582. The number of hydrogen-bond acceptors (Lipinski definition) is 0. The maximum atomic E-state index is 13.0.